The highest BCUT2D eigenvalue weighted by molar-refractivity contribution is 5.87. The predicted molar refractivity (Wildman–Crippen MR) is 121 cm³/mol. The van der Waals surface area contributed by atoms with Gasteiger partial charge in [-0.25, -0.2) is 0 Å². The number of benzene rings is 2. The van der Waals surface area contributed by atoms with E-state index in [4.69, 9.17) is 0 Å². The smallest absolute Gasteiger partial charge is 0.242 e. The molecule has 0 bridgehead atoms. The Morgan fingerprint density at radius 2 is 1.47 bits per heavy atom. The fraction of sp³-hybridized carbons (Fsp3) is 0.462. The fourth-order valence-electron chi connectivity index (χ4n) is 4.01. The number of hydrogen-bond donors (Lipinski definition) is 1. The van der Waals surface area contributed by atoms with Crippen LogP contribution in [0.4, 0.5) is 0 Å². The second-order valence-corrected chi connectivity index (χ2v) is 8.66. The van der Waals surface area contributed by atoms with Crippen LogP contribution in [0.5, 0.6) is 0 Å². The minimum atomic E-state index is -0.488. The van der Waals surface area contributed by atoms with Gasteiger partial charge in [-0.05, 0) is 51.2 Å². The summed E-state index contributed by atoms with van der Waals surface area (Å²) in [6.07, 6.45) is 5.50. The summed E-state index contributed by atoms with van der Waals surface area (Å²) < 4.78 is 0. The van der Waals surface area contributed by atoms with Crippen molar-refractivity contribution in [3.8, 4) is 0 Å². The van der Waals surface area contributed by atoms with Gasteiger partial charge in [-0.3, -0.25) is 9.59 Å². The van der Waals surface area contributed by atoms with Crippen LogP contribution in [-0.4, -0.2) is 28.8 Å². The summed E-state index contributed by atoms with van der Waals surface area (Å²) in [4.78, 5) is 27.8. The molecule has 4 nitrogen and oxygen atoms in total. The molecule has 2 aromatic carbocycles. The molecule has 30 heavy (non-hydrogen) atoms. The normalized spacial score (nSPS) is 15.0. The molecule has 0 unspecified atom stereocenters. The summed E-state index contributed by atoms with van der Waals surface area (Å²) in [5.41, 5.74) is 4.59. The average molecular weight is 407 g/mol. The van der Waals surface area contributed by atoms with E-state index >= 15 is 0 Å². The van der Waals surface area contributed by atoms with Gasteiger partial charge in [0.1, 0.15) is 6.04 Å². The van der Waals surface area contributed by atoms with Crippen molar-refractivity contribution in [1.29, 1.82) is 0 Å². The van der Waals surface area contributed by atoms with E-state index in [1.807, 2.05) is 38.1 Å². The Bertz CT molecular complexity index is 836. The molecule has 1 aliphatic carbocycles. The lowest BCUT2D eigenvalue weighted by Gasteiger charge is -2.30. The summed E-state index contributed by atoms with van der Waals surface area (Å²) in [7, 11) is 0. The molecule has 0 aromatic heterocycles. The molecular weight excluding hydrogens is 372 g/mol. The van der Waals surface area contributed by atoms with E-state index in [0.29, 0.717) is 19.4 Å². The van der Waals surface area contributed by atoms with Crippen LogP contribution < -0.4 is 5.32 Å². The SMILES string of the molecule is Cc1ccc(CCC(=O)N(Cc2ccc(C)cc2)[C@@H](C)C(=O)NC2CCCC2)cc1. The lowest BCUT2D eigenvalue weighted by atomic mass is 10.1. The van der Waals surface area contributed by atoms with Gasteiger partial charge < -0.3 is 10.2 Å². The summed E-state index contributed by atoms with van der Waals surface area (Å²) in [6, 6.07) is 16.2. The van der Waals surface area contributed by atoms with E-state index in [0.717, 1.165) is 24.0 Å². The zero-order valence-corrected chi connectivity index (χ0v) is 18.5. The van der Waals surface area contributed by atoms with Gasteiger partial charge in [-0.1, -0.05) is 72.5 Å². The Kier molecular flexibility index (Phi) is 7.67. The largest absolute Gasteiger partial charge is 0.352 e. The van der Waals surface area contributed by atoms with Crippen molar-refractivity contribution < 1.29 is 9.59 Å². The van der Waals surface area contributed by atoms with Crippen molar-refractivity contribution in [2.24, 2.45) is 0 Å². The molecule has 0 aliphatic heterocycles. The summed E-state index contributed by atoms with van der Waals surface area (Å²) in [5, 5.41) is 3.16. The van der Waals surface area contributed by atoms with E-state index in [2.05, 4.69) is 36.5 Å². The van der Waals surface area contributed by atoms with Gasteiger partial charge in [-0.15, -0.1) is 0 Å². The lowest BCUT2D eigenvalue weighted by molar-refractivity contribution is -0.140. The second-order valence-electron chi connectivity index (χ2n) is 8.66. The highest BCUT2D eigenvalue weighted by atomic mass is 16.2. The van der Waals surface area contributed by atoms with Crippen LogP contribution in [0.3, 0.4) is 0 Å². The Hall–Kier alpha value is -2.62. The quantitative estimate of drug-likeness (QED) is 0.690. The monoisotopic (exact) mass is 406 g/mol. The molecule has 1 fully saturated rings. The van der Waals surface area contributed by atoms with Crippen molar-refractivity contribution in [2.45, 2.75) is 77.9 Å². The summed E-state index contributed by atoms with van der Waals surface area (Å²) in [5.74, 6) is -0.0251. The maximum absolute atomic E-state index is 13.2. The molecule has 4 heteroatoms. The third-order valence-electron chi connectivity index (χ3n) is 6.09. The van der Waals surface area contributed by atoms with E-state index < -0.39 is 6.04 Å². The van der Waals surface area contributed by atoms with Gasteiger partial charge in [0.05, 0.1) is 0 Å². The summed E-state index contributed by atoms with van der Waals surface area (Å²) in [6.45, 7) is 6.41. The summed E-state index contributed by atoms with van der Waals surface area (Å²) >= 11 is 0. The minimum absolute atomic E-state index is 0.0187. The highest BCUT2D eigenvalue weighted by Gasteiger charge is 2.28. The topological polar surface area (TPSA) is 49.4 Å². The first-order chi connectivity index (χ1) is 14.4. The van der Waals surface area contributed by atoms with Crippen molar-refractivity contribution in [3.63, 3.8) is 0 Å². The third kappa shape index (κ3) is 6.19. The molecule has 0 spiro atoms. The van der Waals surface area contributed by atoms with Crippen molar-refractivity contribution in [2.75, 3.05) is 0 Å². The van der Waals surface area contributed by atoms with Crippen molar-refractivity contribution >= 4 is 11.8 Å². The number of amides is 2. The molecule has 1 saturated carbocycles. The molecule has 2 amide bonds. The van der Waals surface area contributed by atoms with Crippen LogP contribution in [0.1, 0.15) is 61.3 Å². The van der Waals surface area contributed by atoms with Crippen LogP contribution >= 0.6 is 0 Å². The molecular formula is C26H34N2O2. The second kappa shape index (κ2) is 10.4. The van der Waals surface area contributed by atoms with Gasteiger partial charge in [0, 0.05) is 19.0 Å². The highest BCUT2D eigenvalue weighted by Crippen LogP contribution is 2.19. The van der Waals surface area contributed by atoms with Gasteiger partial charge in [0.15, 0.2) is 0 Å². The molecule has 2 aromatic rings. The average Bonchev–Trinajstić information content (AvgIpc) is 3.25. The molecule has 1 N–H and O–H groups in total. The Morgan fingerprint density at radius 1 is 0.933 bits per heavy atom. The van der Waals surface area contributed by atoms with Gasteiger partial charge >= 0.3 is 0 Å². The van der Waals surface area contributed by atoms with E-state index in [1.165, 1.54) is 24.0 Å². The van der Waals surface area contributed by atoms with Gasteiger partial charge in [0.2, 0.25) is 11.8 Å². The zero-order valence-electron chi connectivity index (χ0n) is 18.5. The van der Waals surface area contributed by atoms with Crippen LogP contribution in [0.25, 0.3) is 0 Å². The van der Waals surface area contributed by atoms with Crippen LogP contribution in [0, 0.1) is 13.8 Å². The maximum atomic E-state index is 13.2. The van der Waals surface area contributed by atoms with E-state index in [-0.39, 0.29) is 17.9 Å². The first-order valence-electron chi connectivity index (χ1n) is 11.1. The standard InChI is InChI=1S/C26H34N2O2/c1-19-8-12-22(13-9-19)16-17-25(29)28(18-23-14-10-20(2)11-15-23)21(3)26(30)27-24-6-4-5-7-24/h8-15,21,24H,4-7,16-18H2,1-3H3,(H,27,30)/t21-/m0/s1. The molecule has 160 valence electrons. The molecule has 1 aliphatic rings. The molecule has 0 radical (unpaired) electrons. The van der Waals surface area contributed by atoms with Gasteiger partial charge in [0.25, 0.3) is 0 Å². The molecule has 3 rings (SSSR count). The lowest BCUT2D eigenvalue weighted by Crippen LogP contribution is -2.49. The van der Waals surface area contributed by atoms with Crippen LogP contribution in [0.2, 0.25) is 0 Å². The van der Waals surface area contributed by atoms with Crippen molar-refractivity contribution in [3.05, 3.63) is 70.8 Å². The number of nitrogens with one attached hydrogen (secondary N) is 1. The Morgan fingerprint density at radius 3 is 2.03 bits per heavy atom. The van der Waals surface area contributed by atoms with Crippen molar-refractivity contribution in [1.82, 2.24) is 10.2 Å². The fourth-order valence-corrected chi connectivity index (χ4v) is 4.01. The number of hydrogen-bond acceptors (Lipinski definition) is 2. The number of aryl methyl sites for hydroxylation is 3. The van der Waals surface area contributed by atoms with E-state index in [9.17, 15) is 9.59 Å². The minimum Gasteiger partial charge on any atom is -0.352 e. The predicted octanol–water partition coefficient (Wildman–Crippen LogP) is 4.71. The maximum Gasteiger partial charge on any atom is 0.242 e. The number of rotatable bonds is 8. The number of carbonyl (C=O) groups excluding carboxylic acids is 2. The molecule has 1 atom stereocenters. The van der Waals surface area contributed by atoms with Gasteiger partial charge in [-0.2, -0.15) is 0 Å². The first-order valence-corrected chi connectivity index (χ1v) is 11.1. The Balaban J connectivity index is 1.69. The molecule has 0 heterocycles. The van der Waals surface area contributed by atoms with E-state index in [1.54, 1.807) is 4.90 Å². The first kappa shape index (κ1) is 22.1. The third-order valence-corrected chi connectivity index (χ3v) is 6.09. The van der Waals surface area contributed by atoms with Crippen LogP contribution in [-0.2, 0) is 22.6 Å². The Labute approximate surface area is 180 Å². The number of nitrogens with zero attached hydrogens (tertiary/aromatic N) is 1. The van der Waals surface area contributed by atoms with Crippen LogP contribution in [0.15, 0.2) is 48.5 Å². The number of carbonyl (C=O) groups is 2. The zero-order chi connectivity index (χ0) is 21.5. The molecule has 0 saturated heterocycles.